The maximum Gasteiger partial charge on any atom is 0.331 e. The Labute approximate surface area is 341 Å². The number of carbonyl (C=O) groups is 2. The van der Waals surface area contributed by atoms with Gasteiger partial charge < -0.3 is 63.4 Å². The van der Waals surface area contributed by atoms with Crippen molar-refractivity contribution in [2.75, 3.05) is 6.61 Å². The molecule has 4 aliphatic heterocycles. The zero-order chi connectivity index (χ0) is 41.5. The number of rotatable bonds is 8. The number of hydrogen-bond donors (Lipinski definition) is 5. The first kappa shape index (κ1) is 42.9. The summed E-state index contributed by atoms with van der Waals surface area (Å²) in [6, 6.07) is 0. The summed E-state index contributed by atoms with van der Waals surface area (Å²) in [7, 11) is 0. The van der Waals surface area contributed by atoms with Gasteiger partial charge in [0.1, 0.15) is 31.0 Å². The minimum atomic E-state index is -1.05. The molecule has 0 spiro atoms. The van der Waals surface area contributed by atoms with E-state index in [-0.39, 0.29) is 61.2 Å². The van der Waals surface area contributed by atoms with E-state index in [1.807, 2.05) is 6.92 Å². The van der Waals surface area contributed by atoms with E-state index in [0.29, 0.717) is 18.3 Å². The third-order valence-corrected chi connectivity index (χ3v) is 16.1. The fourth-order valence-electron chi connectivity index (χ4n) is 13.2. The predicted molar refractivity (Wildman–Crippen MR) is 202 cm³/mol. The standard InChI is InChI=1S/C43H66O15/c1-20-38(49)29(45)15-35(52-20)57-40-22(3)54-36(17-31(40)47)58-39-21(2)53-34(16-30(39)46)56-26-9-11-41(5)25(14-26)7-8-28-27(41)10-12-42(6)37(24-13-33(48)51-19-24)32(55-23(4)44)18-43(28,42)50/h13,20-22,25-32,34-40,45-47,49-50H,7-12,14-19H2,1-6H3/t20-,21-,22-,25-,26-,27+,28-,29+,30+,31+,32-,34+,35-,36-,37+,38-,39-,40-,41+,42-,43+/m1/s1. The number of hydrogen-bond acceptors (Lipinski definition) is 15. The molecule has 0 aromatic carbocycles. The number of ether oxygens (including phenoxy) is 8. The van der Waals surface area contributed by atoms with Gasteiger partial charge in [-0.2, -0.15) is 0 Å². The Morgan fingerprint density at radius 1 is 0.759 bits per heavy atom. The summed E-state index contributed by atoms with van der Waals surface area (Å²) in [6.07, 6.45) is -1.36. The second-order valence-electron chi connectivity index (χ2n) is 19.5. The summed E-state index contributed by atoms with van der Waals surface area (Å²) in [4.78, 5) is 24.4. The maximum absolute atomic E-state index is 12.8. The number of aliphatic hydroxyl groups is 5. The molecule has 15 nitrogen and oxygen atoms in total. The first-order valence-electron chi connectivity index (χ1n) is 21.8. The van der Waals surface area contributed by atoms with E-state index in [4.69, 9.17) is 37.9 Å². The lowest BCUT2D eigenvalue weighted by Gasteiger charge is -2.63. The molecule has 21 atom stereocenters. The average molecular weight is 823 g/mol. The number of fused-ring (bicyclic) bond motifs is 5. The Balaban J connectivity index is 0.848. The van der Waals surface area contributed by atoms with Crippen molar-refractivity contribution in [2.24, 2.45) is 34.5 Å². The lowest BCUT2D eigenvalue weighted by atomic mass is 9.43. The molecule has 8 aliphatic rings. The molecule has 3 saturated heterocycles. The van der Waals surface area contributed by atoms with Crippen LogP contribution in [0.3, 0.4) is 0 Å². The second-order valence-corrected chi connectivity index (χ2v) is 19.5. The largest absolute Gasteiger partial charge is 0.462 e. The molecular weight excluding hydrogens is 756 g/mol. The second kappa shape index (κ2) is 16.2. The first-order chi connectivity index (χ1) is 27.4. The van der Waals surface area contributed by atoms with E-state index in [9.17, 15) is 35.1 Å². The van der Waals surface area contributed by atoms with Crippen molar-refractivity contribution in [1.29, 1.82) is 0 Å². The molecule has 4 aliphatic carbocycles. The third kappa shape index (κ3) is 7.60. The molecule has 0 bridgehead atoms. The molecule has 7 fully saturated rings. The van der Waals surface area contributed by atoms with Crippen LogP contribution >= 0.6 is 0 Å². The van der Waals surface area contributed by atoms with Gasteiger partial charge in [-0.05, 0) is 94.5 Å². The van der Waals surface area contributed by atoms with Gasteiger partial charge in [0.25, 0.3) is 0 Å². The van der Waals surface area contributed by atoms with Crippen LogP contribution in [0.1, 0.15) is 112 Å². The van der Waals surface area contributed by atoms with Gasteiger partial charge in [-0.25, -0.2) is 4.79 Å². The van der Waals surface area contributed by atoms with Crippen LogP contribution in [0.4, 0.5) is 0 Å². The molecule has 328 valence electrons. The van der Waals surface area contributed by atoms with Crippen molar-refractivity contribution in [2.45, 2.75) is 204 Å². The van der Waals surface area contributed by atoms with Gasteiger partial charge in [-0.1, -0.05) is 13.8 Å². The fourth-order valence-corrected chi connectivity index (χ4v) is 13.2. The molecule has 0 radical (unpaired) electrons. The number of esters is 2. The predicted octanol–water partition coefficient (Wildman–Crippen LogP) is 2.79. The molecule has 5 N–H and O–H groups in total. The molecule has 0 aromatic heterocycles. The highest BCUT2D eigenvalue weighted by atomic mass is 16.7. The van der Waals surface area contributed by atoms with Crippen LogP contribution in [0.25, 0.3) is 0 Å². The van der Waals surface area contributed by atoms with Gasteiger partial charge in [0.15, 0.2) is 18.9 Å². The van der Waals surface area contributed by atoms with Crippen LogP contribution in [-0.2, 0) is 47.5 Å². The Kier molecular flexibility index (Phi) is 12.0. The van der Waals surface area contributed by atoms with Crippen molar-refractivity contribution in [1.82, 2.24) is 0 Å². The van der Waals surface area contributed by atoms with E-state index in [1.54, 1.807) is 13.8 Å². The summed E-state index contributed by atoms with van der Waals surface area (Å²) in [5, 5.41) is 55.4. The Hall–Kier alpha value is -1.76. The van der Waals surface area contributed by atoms with Crippen molar-refractivity contribution >= 4 is 11.9 Å². The molecule has 0 aromatic rings. The van der Waals surface area contributed by atoms with Crippen molar-refractivity contribution in [3.8, 4) is 0 Å². The van der Waals surface area contributed by atoms with E-state index in [1.165, 1.54) is 13.0 Å². The normalized spacial score (nSPS) is 53.2. The van der Waals surface area contributed by atoms with E-state index in [0.717, 1.165) is 50.5 Å². The summed E-state index contributed by atoms with van der Waals surface area (Å²) in [5.74, 6) is -0.330. The van der Waals surface area contributed by atoms with Crippen molar-refractivity contribution < 1.29 is 73.0 Å². The molecule has 8 rings (SSSR count). The molecule has 4 saturated carbocycles. The minimum absolute atomic E-state index is 0.00291. The quantitative estimate of drug-likeness (QED) is 0.176. The van der Waals surface area contributed by atoms with Crippen LogP contribution in [0.2, 0.25) is 0 Å². The highest BCUT2D eigenvalue weighted by Gasteiger charge is 2.71. The average Bonchev–Trinajstić information content (AvgIpc) is 3.66. The van der Waals surface area contributed by atoms with Crippen LogP contribution in [-0.4, -0.2) is 136 Å². The molecule has 4 heterocycles. The summed E-state index contributed by atoms with van der Waals surface area (Å²) < 4.78 is 48.1. The van der Waals surface area contributed by atoms with Gasteiger partial charge >= 0.3 is 11.9 Å². The fraction of sp³-hybridized carbons (Fsp3) is 0.907. The number of cyclic esters (lactones) is 1. The molecule has 0 amide bonds. The van der Waals surface area contributed by atoms with Crippen molar-refractivity contribution in [3.05, 3.63) is 11.6 Å². The first-order valence-corrected chi connectivity index (χ1v) is 21.8. The zero-order valence-electron chi connectivity index (χ0n) is 34.8. The summed E-state index contributed by atoms with van der Waals surface area (Å²) in [6.45, 7) is 11.3. The monoisotopic (exact) mass is 822 g/mol. The van der Waals surface area contributed by atoms with E-state index >= 15 is 0 Å². The highest BCUT2D eigenvalue weighted by molar-refractivity contribution is 5.85. The smallest absolute Gasteiger partial charge is 0.331 e. The zero-order valence-corrected chi connectivity index (χ0v) is 34.8. The maximum atomic E-state index is 12.8. The molecule has 58 heavy (non-hydrogen) atoms. The summed E-state index contributed by atoms with van der Waals surface area (Å²) >= 11 is 0. The van der Waals surface area contributed by atoms with Gasteiger partial charge in [0, 0.05) is 50.0 Å². The van der Waals surface area contributed by atoms with Gasteiger partial charge in [0.2, 0.25) is 0 Å². The van der Waals surface area contributed by atoms with Crippen LogP contribution in [0.15, 0.2) is 11.6 Å². The number of aliphatic hydroxyl groups excluding tert-OH is 4. The lowest BCUT2D eigenvalue weighted by molar-refractivity contribution is -0.336. The van der Waals surface area contributed by atoms with Gasteiger partial charge in [-0.3, -0.25) is 4.79 Å². The molecule has 0 unspecified atom stereocenters. The Morgan fingerprint density at radius 3 is 1.93 bits per heavy atom. The SMILES string of the molecule is CC(=O)O[C@@H]1C[C@]2(O)[C@@H]3CC[C@@H]4C[C@H](O[C@H]5C[C@H](O)[C@H](O[C@@H]6C[C@H](O)[C@H](O[C@@H]7C[C@H](O)[C@H](O)[C@@H](C)O7)[C@@H](C)O6)[C@@H](C)O5)CC[C@]4(C)[C@H]3CC[C@]2(C)[C@H]1C1=CC(=O)OC1. The summed E-state index contributed by atoms with van der Waals surface area (Å²) in [5.41, 5.74) is -0.805. The molecule has 15 heteroatoms. The van der Waals surface area contributed by atoms with Gasteiger partial charge in [-0.15, -0.1) is 0 Å². The van der Waals surface area contributed by atoms with Crippen LogP contribution < -0.4 is 0 Å². The van der Waals surface area contributed by atoms with Gasteiger partial charge in [0.05, 0.1) is 48.3 Å². The van der Waals surface area contributed by atoms with E-state index < -0.39 is 90.9 Å². The number of carbonyl (C=O) groups excluding carboxylic acids is 2. The van der Waals surface area contributed by atoms with Crippen LogP contribution in [0, 0.1) is 34.5 Å². The van der Waals surface area contributed by atoms with Crippen LogP contribution in [0.5, 0.6) is 0 Å². The Bertz CT molecular complexity index is 1520. The van der Waals surface area contributed by atoms with Crippen molar-refractivity contribution in [3.63, 3.8) is 0 Å². The molecular formula is C43H66O15. The lowest BCUT2D eigenvalue weighted by Crippen LogP contribution is -2.62. The van der Waals surface area contributed by atoms with E-state index in [2.05, 4.69) is 13.8 Å². The minimum Gasteiger partial charge on any atom is -0.462 e. The Morgan fingerprint density at radius 2 is 1.36 bits per heavy atom. The highest BCUT2D eigenvalue weighted by Crippen LogP contribution is 2.70. The third-order valence-electron chi connectivity index (χ3n) is 16.1. The topological polar surface area (TPSA) is 209 Å².